The van der Waals surface area contributed by atoms with Crippen molar-refractivity contribution in [3.63, 3.8) is 0 Å². The van der Waals surface area contributed by atoms with Crippen molar-refractivity contribution in [3.8, 4) is 5.75 Å². The first-order valence-corrected chi connectivity index (χ1v) is 13.1. The maximum Gasteiger partial charge on any atom is 0.320 e. The number of anilines is 1. The van der Waals surface area contributed by atoms with Gasteiger partial charge < -0.3 is 20.1 Å². The standard InChI is InChI=1S/C31H37N3O3/c1-33(2)25-15-10-16-27(37-3)24(25)20-32-29-23-17-18-34(26(19-23)31(35)36)30(29)28(21-11-6-4-7-12-21)22-13-8-5-9-14-22/h4-16,23,26,28-30,32H,17-20H2,1-3H3,(H,35,36)/t23-,26?,29-,30-/m0/s1. The van der Waals surface area contributed by atoms with Crippen LogP contribution in [0.25, 0.3) is 0 Å². The molecule has 3 aliphatic heterocycles. The van der Waals surface area contributed by atoms with E-state index in [0.717, 1.165) is 30.0 Å². The van der Waals surface area contributed by atoms with Gasteiger partial charge in [-0.1, -0.05) is 66.7 Å². The third-order valence-corrected chi connectivity index (χ3v) is 8.21. The smallest absolute Gasteiger partial charge is 0.320 e. The van der Waals surface area contributed by atoms with Gasteiger partial charge in [0.05, 0.1) is 7.11 Å². The second-order valence-corrected chi connectivity index (χ2v) is 10.4. The number of methoxy groups -OCH3 is 1. The van der Waals surface area contributed by atoms with Crippen LogP contribution in [-0.2, 0) is 11.3 Å². The quantitative estimate of drug-likeness (QED) is 0.449. The number of hydrogen-bond donors (Lipinski definition) is 2. The summed E-state index contributed by atoms with van der Waals surface area (Å²) >= 11 is 0. The number of benzene rings is 3. The zero-order valence-corrected chi connectivity index (χ0v) is 21.9. The first kappa shape index (κ1) is 25.3. The Morgan fingerprint density at radius 1 is 1.03 bits per heavy atom. The summed E-state index contributed by atoms with van der Waals surface area (Å²) in [5.74, 6) is 0.481. The molecule has 5 atom stereocenters. The van der Waals surface area contributed by atoms with Gasteiger partial charge in [0.25, 0.3) is 0 Å². The molecule has 6 nitrogen and oxygen atoms in total. The van der Waals surface area contributed by atoms with E-state index >= 15 is 0 Å². The molecule has 6 heteroatoms. The number of fused-ring (bicyclic) bond motifs is 3. The van der Waals surface area contributed by atoms with Crippen LogP contribution in [0, 0.1) is 5.92 Å². The lowest BCUT2D eigenvalue weighted by Crippen LogP contribution is -2.69. The molecule has 2 bridgehead atoms. The molecular weight excluding hydrogens is 462 g/mol. The van der Waals surface area contributed by atoms with E-state index in [1.807, 2.05) is 38.4 Å². The summed E-state index contributed by atoms with van der Waals surface area (Å²) in [5.41, 5.74) is 4.67. The Kier molecular flexibility index (Phi) is 7.49. The highest BCUT2D eigenvalue weighted by atomic mass is 16.5. The Morgan fingerprint density at radius 2 is 1.68 bits per heavy atom. The van der Waals surface area contributed by atoms with Crippen LogP contribution in [0.15, 0.2) is 78.9 Å². The van der Waals surface area contributed by atoms with Crippen molar-refractivity contribution in [2.45, 2.75) is 43.4 Å². The maximum absolute atomic E-state index is 12.4. The Hall–Kier alpha value is -3.35. The maximum atomic E-state index is 12.4. The molecule has 0 amide bonds. The number of nitrogens with one attached hydrogen (secondary N) is 1. The largest absolute Gasteiger partial charge is 0.496 e. The van der Waals surface area contributed by atoms with Crippen molar-refractivity contribution in [2.24, 2.45) is 5.92 Å². The van der Waals surface area contributed by atoms with Crippen LogP contribution in [0.2, 0.25) is 0 Å². The zero-order chi connectivity index (χ0) is 25.9. The highest BCUT2D eigenvalue weighted by Gasteiger charge is 2.52. The molecule has 3 aliphatic rings. The Labute approximate surface area is 219 Å². The van der Waals surface area contributed by atoms with E-state index in [-0.39, 0.29) is 23.9 Å². The van der Waals surface area contributed by atoms with E-state index in [4.69, 9.17) is 4.74 Å². The Morgan fingerprint density at radius 3 is 2.24 bits per heavy atom. The summed E-state index contributed by atoms with van der Waals surface area (Å²) in [5, 5.41) is 14.1. The second kappa shape index (κ2) is 11.0. The van der Waals surface area contributed by atoms with Crippen LogP contribution in [0.1, 0.15) is 35.4 Å². The van der Waals surface area contributed by atoms with E-state index < -0.39 is 12.0 Å². The molecule has 0 radical (unpaired) electrons. The van der Waals surface area contributed by atoms with Crippen LogP contribution in [0.3, 0.4) is 0 Å². The van der Waals surface area contributed by atoms with Crippen LogP contribution in [-0.4, -0.2) is 61.9 Å². The number of carboxylic acid groups (broad SMARTS) is 1. The number of aliphatic carboxylic acids is 1. The monoisotopic (exact) mass is 499 g/mol. The minimum atomic E-state index is -0.715. The molecule has 0 aliphatic carbocycles. The van der Waals surface area contributed by atoms with Crippen molar-refractivity contribution >= 4 is 11.7 Å². The van der Waals surface area contributed by atoms with Gasteiger partial charge in [-0.2, -0.15) is 0 Å². The number of hydrogen-bond acceptors (Lipinski definition) is 5. The van der Waals surface area contributed by atoms with Crippen molar-refractivity contribution in [3.05, 3.63) is 95.6 Å². The van der Waals surface area contributed by atoms with Crippen molar-refractivity contribution in [1.29, 1.82) is 0 Å². The average molecular weight is 500 g/mol. The summed E-state index contributed by atoms with van der Waals surface area (Å²) in [6.45, 7) is 1.45. The van der Waals surface area contributed by atoms with Gasteiger partial charge in [-0.25, -0.2) is 0 Å². The summed E-state index contributed by atoms with van der Waals surface area (Å²) in [4.78, 5) is 16.8. The lowest BCUT2D eigenvalue weighted by molar-refractivity contribution is -0.152. The predicted octanol–water partition coefficient (Wildman–Crippen LogP) is 4.60. The fourth-order valence-corrected chi connectivity index (χ4v) is 6.58. The molecule has 3 heterocycles. The van der Waals surface area contributed by atoms with Crippen LogP contribution in [0.4, 0.5) is 5.69 Å². The highest BCUT2D eigenvalue weighted by Crippen LogP contribution is 2.45. The minimum absolute atomic E-state index is 0.0101. The SMILES string of the molecule is COc1cccc(N(C)C)c1CN[C@H]1[C@H]2CCN(C(C(=O)O)C2)[C@H]1C(c1ccccc1)c1ccccc1. The van der Waals surface area contributed by atoms with Gasteiger partial charge in [0.15, 0.2) is 0 Å². The molecule has 3 aromatic rings. The third kappa shape index (κ3) is 4.96. The fraction of sp³-hybridized carbons (Fsp3) is 0.387. The number of rotatable bonds is 9. The molecule has 3 aromatic carbocycles. The topological polar surface area (TPSA) is 65.0 Å². The van der Waals surface area contributed by atoms with Gasteiger partial charge in [-0.3, -0.25) is 9.69 Å². The molecule has 0 saturated carbocycles. The first-order chi connectivity index (χ1) is 18.0. The van der Waals surface area contributed by atoms with Gasteiger partial charge in [-0.05, 0) is 48.6 Å². The summed E-state index contributed by atoms with van der Waals surface area (Å²) < 4.78 is 5.74. The normalized spacial score (nSPS) is 24.7. The van der Waals surface area contributed by atoms with Gasteiger partial charge in [0, 0.05) is 49.9 Å². The minimum Gasteiger partial charge on any atom is -0.496 e. The van der Waals surface area contributed by atoms with E-state index in [9.17, 15) is 9.90 Å². The molecular formula is C31H37N3O3. The predicted molar refractivity (Wildman–Crippen MR) is 147 cm³/mol. The molecule has 194 valence electrons. The number of ether oxygens (including phenoxy) is 1. The van der Waals surface area contributed by atoms with E-state index in [1.54, 1.807) is 7.11 Å². The van der Waals surface area contributed by atoms with Crippen molar-refractivity contribution < 1.29 is 14.6 Å². The molecule has 3 saturated heterocycles. The Bertz CT molecular complexity index is 1160. The molecule has 37 heavy (non-hydrogen) atoms. The molecule has 3 fully saturated rings. The van der Waals surface area contributed by atoms with E-state index in [2.05, 4.69) is 69.7 Å². The second-order valence-electron chi connectivity index (χ2n) is 10.4. The molecule has 0 spiro atoms. The number of carboxylic acids is 1. The number of piperidine rings is 3. The van der Waals surface area contributed by atoms with Gasteiger partial charge in [0.1, 0.15) is 11.8 Å². The lowest BCUT2D eigenvalue weighted by atomic mass is 9.68. The fourth-order valence-electron chi connectivity index (χ4n) is 6.58. The molecule has 2 N–H and O–H groups in total. The van der Waals surface area contributed by atoms with Gasteiger partial charge in [0.2, 0.25) is 0 Å². The summed E-state index contributed by atoms with van der Waals surface area (Å²) in [6, 6.07) is 27.0. The Balaban J connectivity index is 1.56. The van der Waals surface area contributed by atoms with Crippen LogP contribution < -0.4 is 15.0 Å². The summed E-state index contributed by atoms with van der Waals surface area (Å²) in [6.07, 6.45) is 1.67. The average Bonchev–Trinajstić information content (AvgIpc) is 2.93. The lowest BCUT2D eigenvalue weighted by Gasteiger charge is -2.56. The molecule has 6 rings (SSSR count). The van der Waals surface area contributed by atoms with Crippen molar-refractivity contribution in [2.75, 3.05) is 32.6 Å². The zero-order valence-electron chi connectivity index (χ0n) is 21.9. The summed E-state index contributed by atoms with van der Waals surface area (Å²) in [7, 11) is 5.81. The van der Waals surface area contributed by atoms with Gasteiger partial charge >= 0.3 is 5.97 Å². The van der Waals surface area contributed by atoms with E-state index in [1.165, 1.54) is 11.1 Å². The van der Waals surface area contributed by atoms with E-state index in [0.29, 0.717) is 13.0 Å². The van der Waals surface area contributed by atoms with Gasteiger partial charge in [-0.15, -0.1) is 0 Å². The number of carbonyl (C=O) groups is 1. The van der Waals surface area contributed by atoms with Crippen molar-refractivity contribution in [1.82, 2.24) is 10.2 Å². The first-order valence-electron chi connectivity index (χ1n) is 13.1. The number of nitrogens with zero attached hydrogens (tertiary/aromatic N) is 2. The third-order valence-electron chi connectivity index (χ3n) is 8.21. The highest BCUT2D eigenvalue weighted by molar-refractivity contribution is 5.74. The van der Waals surface area contributed by atoms with Crippen LogP contribution in [0.5, 0.6) is 5.75 Å². The molecule has 0 aromatic heterocycles. The molecule has 2 unspecified atom stereocenters. The van der Waals surface area contributed by atoms with Crippen LogP contribution >= 0.6 is 0 Å².